The number of nitrogens with zero attached hydrogens (tertiary/aromatic N) is 1. The third-order valence-corrected chi connectivity index (χ3v) is 2.78. The number of carbonyl (C=O) groups is 1. The van der Waals surface area contributed by atoms with E-state index in [1.165, 1.54) is 6.42 Å². The van der Waals surface area contributed by atoms with Crippen LogP contribution in [0.15, 0.2) is 0 Å². The van der Waals surface area contributed by atoms with Crippen molar-refractivity contribution in [3.8, 4) is 0 Å². The van der Waals surface area contributed by atoms with Crippen LogP contribution in [0.3, 0.4) is 0 Å². The monoisotopic (exact) mass is 213 g/mol. The molecule has 0 aliphatic carbocycles. The minimum atomic E-state index is 0.0988. The Hall–Kier alpha value is -0.610. The number of likely N-dealkylation sites (tertiary alicyclic amines) is 1. The van der Waals surface area contributed by atoms with E-state index < -0.39 is 0 Å². The quantitative estimate of drug-likeness (QED) is 0.693. The molecule has 15 heavy (non-hydrogen) atoms. The van der Waals surface area contributed by atoms with Gasteiger partial charge < -0.3 is 11.1 Å². The normalized spacial score (nSPS) is 27.7. The average Bonchev–Trinajstić information content (AvgIpc) is 2.13. The average molecular weight is 213 g/mol. The Morgan fingerprint density at radius 1 is 1.40 bits per heavy atom. The first-order valence-electron chi connectivity index (χ1n) is 5.81. The molecule has 4 nitrogen and oxygen atoms in total. The van der Waals surface area contributed by atoms with Gasteiger partial charge in [0.2, 0.25) is 5.91 Å². The smallest absolute Gasteiger partial charge is 0.234 e. The fourth-order valence-electron chi connectivity index (χ4n) is 2.39. The molecule has 1 aliphatic rings. The van der Waals surface area contributed by atoms with Crippen LogP contribution in [0.2, 0.25) is 0 Å². The lowest BCUT2D eigenvalue weighted by Crippen LogP contribution is -2.45. The summed E-state index contributed by atoms with van der Waals surface area (Å²) in [5.74, 6) is 1.51. The molecule has 0 radical (unpaired) electrons. The van der Waals surface area contributed by atoms with E-state index in [1.54, 1.807) is 0 Å². The van der Waals surface area contributed by atoms with Gasteiger partial charge in [0, 0.05) is 26.2 Å². The van der Waals surface area contributed by atoms with Gasteiger partial charge in [-0.3, -0.25) is 9.69 Å². The summed E-state index contributed by atoms with van der Waals surface area (Å²) in [5.41, 5.74) is 5.33. The summed E-state index contributed by atoms with van der Waals surface area (Å²) in [5, 5.41) is 2.80. The number of nitrogens with two attached hydrogens (primary N) is 1. The summed E-state index contributed by atoms with van der Waals surface area (Å²) in [7, 11) is 0. The predicted molar refractivity (Wildman–Crippen MR) is 61.4 cm³/mol. The standard InChI is InChI=1S/C11H23N3O/c1-9-5-10(2)7-14(6-9)8-11(15)13-4-3-12/h9-10H,3-8,12H2,1-2H3,(H,13,15). The summed E-state index contributed by atoms with van der Waals surface area (Å²) in [6.07, 6.45) is 1.28. The first kappa shape index (κ1) is 12.5. The van der Waals surface area contributed by atoms with Crippen molar-refractivity contribution in [3.63, 3.8) is 0 Å². The van der Waals surface area contributed by atoms with Crippen LogP contribution < -0.4 is 11.1 Å². The molecule has 1 fully saturated rings. The molecule has 2 atom stereocenters. The highest BCUT2D eigenvalue weighted by Crippen LogP contribution is 2.20. The zero-order chi connectivity index (χ0) is 11.3. The highest BCUT2D eigenvalue weighted by molar-refractivity contribution is 5.78. The Morgan fingerprint density at radius 2 is 2.00 bits per heavy atom. The molecule has 1 aliphatic heterocycles. The minimum absolute atomic E-state index is 0.0988. The second-order valence-electron chi connectivity index (χ2n) is 4.78. The van der Waals surface area contributed by atoms with Crippen molar-refractivity contribution in [2.24, 2.45) is 17.6 Å². The Balaban J connectivity index is 2.27. The van der Waals surface area contributed by atoms with Crippen molar-refractivity contribution in [2.75, 3.05) is 32.7 Å². The fourth-order valence-corrected chi connectivity index (χ4v) is 2.39. The van der Waals surface area contributed by atoms with Crippen molar-refractivity contribution in [3.05, 3.63) is 0 Å². The molecule has 1 rings (SSSR count). The number of amides is 1. The lowest BCUT2D eigenvalue weighted by Gasteiger charge is -2.34. The largest absolute Gasteiger partial charge is 0.354 e. The molecule has 4 heteroatoms. The Bertz CT molecular complexity index is 198. The van der Waals surface area contributed by atoms with E-state index in [9.17, 15) is 4.79 Å². The summed E-state index contributed by atoms with van der Waals surface area (Å²) < 4.78 is 0. The van der Waals surface area contributed by atoms with Gasteiger partial charge in [-0.15, -0.1) is 0 Å². The summed E-state index contributed by atoms with van der Waals surface area (Å²) >= 11 is 0. The fraction of sp³-hybridized carbons (Fsp3) is 0.909. The Labute approximate surface area is 92.2 Å². The van der Waals surface area contributed by atoms with Crippen LogP contribution >= 0.6 is 0 Å². The van der Waals surface area contributed by atoms with E-state index in [0.29, 0.717) is 31.5 Å². The lowest BCUT2D eigenvalue weighted by atomic mass is 9.92. The van der Waals surface area contributed by atoms with Crippen molar-refractivity contribution in [2.45, 2.75) is 20.3 Å². The first-order chi connectivity index (χ1) is 7.11. The Kier molecular flexibility index (Phi) is 5.05. The van der Waals surface area contributed by atoms with Crippen LogP contribution in [0, 0.1) is 11.8 Å². The predicted octanol–water partition coefficient (Wildman–Crippen LogP) is 0.0392. The minimum Gasteiger partial charge on any atom is -0.354 e. The van der Waals surface area contributed by atoms with Crippen molar-refractivity contribution in [1.82, 2.24) is 10.2 Å². The molecule has 0 aromatic heterocycles. The van der Waals surface area contributed by atoms with Crippen LogP contribution in [0.1, 0.15) is 20.3 Å². The van der Waals surface area contributed by atoms with Crippen LogP contribution in [0.5, 0.6) is 0 Å². The van der Waals surface area contributed by atoms with Gasteiger partial charge in [0.1, 0.15) is 0 Å². The van der Waals surface area contributed by atoms with E-state index >= 15 is 0 Å². The van der Waals surface area contributed by atoms with Crippen molar-refractivity contribution >= 4 is 5.91 Å². The van der Waals surface area contributed by atoms with Gasteiger partial charge in [0.05, 0.1) is 6.54 Å². The third-order valence-electron chi connectivity index (χ3n) is 2.78. The zero-order valence-corrected chi connectivity index (χ0v) is 9.83. The van der Waals surface area contributed by atoms with Gasteiger partial charge in [-0.25, -0.2) is 0 Å². The number of piperidine rings is 1. The summed E-state index contributed by atoms with van der Waals surface area (Å²) in [6.45, 7) is 8.20. The molecular weight excluding hydrogens is 190 g/mol. The molecule has 3 N–H and O–H groups in total. The molecule has 0 aromatic rings. The molecule has 0 aromatic carbocycles. The van der Waals surface area contributed by atoms with E-state index in [0.717, 1.165) is 13.1 Å². The SMILES string of the molecule is CC1CC(C)CN(CC(=O)NCCN)C1. The first-order valence-corrected chi connectivity index (χ1v) is 5.81. The molecule has 2 unspecified atom stereocenters. The number of nitrogens with one attached hydrogen (secondary N) is 1. The molecule has 0 spiro atoms. The third kappa shape index (κ3) is 4.62. The molecule has 0 saturated carbocycles. The van der Waals surface area contributed by atoms with E-state index in [-0.39, 0.29) is 5.91 Å². The van der Waals surface area contributed by atoms with Crippen molar-refractivity contribution in [1.29, 1.82) is 0 Å². The van der Waals surface area contributed by atoms with Crippen LogP contribution in [-0.4, -0.2) is 43.5 Å². The highest BCUT2D eigenvalue weighted by atomic mass is 16.2. The zero-order valence-electron chi connectivity index (χ0n) is 9.83. The van der Waals surface area contributed by atoms with E-state index in [1.807, 2.05) is 0 Å². The van der Waals surface area contributed by atoms with Gasteiger partial charge in [-0.2, -0.15) is 0 Å². The Morgan fingerprint density at radius 3 is 2.53 bits per heavy atom. The molecule has 88 valence electrons. The molecule has 1 saturated heterocycles. The molecule has 1 amide bonds. The van der Waals surface area contributed by atoms with Gasteiger partial charge in [0.25, 0.3) is 0 Å². The van der Waals surface area contributed by atoms with E-state index in [2.05, 4.69) is 24.1 Å². The number of rotatable bonds is 4. The lowest BCUT2D eigenvalue weighted by molar-refractivity contribution is -0.122. The van der Waals surface area contributed by atoms with Crippen LogP contribution in [-0.2, 0) is 4.79 Å². The van der Waals surface area contributed by atoms with Gasteiger partial charge in [-0.05, 0) is 18.3 Å². The highest BCUT2D eigenvalue weighted by Gasteiger charge is 2.22. The maximum absolute atomic E-state index is 11.5. The van der Waals surface area contributed by atoms with Crippen molar-refractivity contribution < 1.29 is 4.79 Å². The number of hydrogen-bond acceptors (Lipinski definition) is 3. The molecular formula is C11H23N3O. The van der Waals surface area contributed by atoms with Crippen LogP contribution in [0.4, 0.5) is 0 Å². The van der Waals surface area contributed by atoms with Gasteiger partial charge in [0.15, 0.2) is 0 Å². The second kappa shape index (κ2) is 6.08. The van der Waals surface area contributed by atoms with Gasteiger partial charge >= 0.3 is 0 Å². The summed E-state index contributed by atoms with van der Waals surface area (Å²) in [6, 6.07) is 0. The van der Waals surface area contributed by atoms with Gasteiger partial charge in [-0.1, -0.05) is 13.8 Å². The molecule has 0 bridgehead atoms. The topological polar surface area (TPSA) is 58.4 Å². The molecule has 1 heterocycles. The van der Waals surface area contributed by atoms with Crippen LogP contribution in [0.25, 0.3) is 0 Å². The number of carbonyl (C=O) groups excluding carboxylic acids is 1. The van der Waals surface area contributed by atoms with E-state index in [4.69, 9.17) is 5.73 Å². The maximum Gasteiger partial charge on any atom is 0.234 e. The second-order valence-corrected chi connectivity index (χ2v) is 4.78. The maximum atomic E-state index is 11.5. The number of hydrogen-bond donors (Lipinski definition) is 2. The summed E-state index contributed by atoms with van der Waals surface area (Å²) in [4.78, 5) is 13.7.